The highest BCUT2D eigenvalue weighted by Gasteiger charge is 2.64. The Kier molecular flexibility index (Phi) is 3.85. The highest BCUT2D eigenvalue weighted by molar-refractivity contribution is 6.24. The summed E-state index contributed by atoms with van der Waals surface area (Å²) in [6.45, 7) is 0.0891. The van der Waals surface area contributed by atoms with Crippen molar-refractivity contribution in [3.63, 3.8) is 0 Å². The molecule has 2 fully saturated rings. The quantitative estimate of drug-likeness (QED) is 0.443. The molecule has 0 saturated carbocycles. The number of carbonyl (C=O) groups is 3. The molecule has 34 heavy (non-hydrogen) atoms. The van der Waals surface area contributed by atoms with Crippen molar-refractivity contribution in [3.8, 4) is 11.5 Å². The summed E-state index contributed by atoms with van der Waals surface area (Å²) >= 11 is 0. The first-order chi connectivity index (χ1) is 16.6. The fourth-order valence-electron chi connectivity index (χ4n) is 5.70. The molecule has 0 bridgehead atoms. The molecule has 2 amide bonds. The number of ketones is 1. The van der Waals surface area contributed by atoms with E-state index in [0.717, 1.165) is 11.1 Å². The Labute approximate surface area is 194 Å². The number of furan rings is 1. The van der Waals surface area contributed by atoms with Crippen LogP contribution < -0.4 is 14.4 Å². The number of anilines is 1. The number of imide groups is 1. The first-order valence-electron chi connectivity index (χ1n) is 11.0. The highest BCUT2D eigenvalue weighted by atomic mass is 16.7. The van der Waals surface area contributed by atoms with Crippen molar-refractivity contribution in [2.45, 2.75) is 12.1 Å². The molecule has 4 aliphatic rings. The number of fused-ring (bicyclic) bond motifs is 6. The summed E-state index contributed by atoms with van der Waals surface area (Å²) in [5, 5.41) is 0. The maximum atomic E-state index is 13.9. The second-order valence-corrected chi connectivity index (χ2v) is 8.72. The van der Waals surface area contributed by atoms with Crippen molar-refractivity contribution in [3.05, 3.63) is 83.9 Å². The number of carbonyl (C=O) groups excluding carboxylic acids is 3. The number of ether oxygens (including phenoxy) is 2. The maximum Gasteiger partial charge on any atom is 0.240 e. The fourth-order valence-corrected chi connectivity index (χ4v) is 5.70. The molecule has 0 spiro atoms. The maximum absolute atomic E-state index is 13.9. The summed E-state index contributed by atoms with van der Waals surface area (Å²) in [4.78, 5) is 44.3. The smallest absolute Gasteiger partial charge is 0.240 e. The Morgan fingerprint density at radius 2 is 1.74 bits per heavy atom. The number of hydrogen-bond donors (Lipinski definition) is 0. The SMILES string of the molecule is O=C(c1ccco1)[C@@H]1[C@@H]2C(=O)N(c3ccc4c(c3)OCO4)C(=O)[C@H]2[C@@H]2c3ccccc3C=CN12. The van der Waals surface area contributed by atoms with E-state index in [-0.39, 0.29) is 24.2 Å². The summed E-state index contributed by atoms with van der Waals surface area (Å²) in [6.07, 6.45) is 5.17. The van der Waals surface area contributed by atoms with Gasteiger partial charge >= 0.3 is 0 Å². The van der Waals surface area contributed by atoms with Crippen molar-refractivity contribution >= 4 is 29.4 Å². The van der Waals surface area contributed by atoms with Crippen LogP contribution in [0, 0.1) is 11.8 Å². The molecule has 8 heteroatoms. The van der Waals surface area contributed by atoms with Crippen LogP contribution in [-0.4, -0.2) is 35.3 Å². The van der Waals surface area contributed by atoms with Crippen LogP contribution >= 0.6 is 0 Å². The Morgan fingerprint density at radius 3 is 2.59 bits per heavy atom. The van der Waals surface area contributed by atoms with Crippen molar-refractivity contribution in [2.24, 2.45) is 11.8 Å². The van der Waals surface area contributed by atoms with Crippen LogP contribution in [0.3, 0.4) is 0 Å². The zero-order valence-electron chi connectivity index (χ0n) is 17.8. The van der Waals surface area contributed by atoms with Gasteiger partial charge in [-0.1, -0.05) is 24.3 Å². The average Bonchev–Trinajstić information content (AvgIpc) is 3.64. The Balaban J connectivity index is 1.37. The fraction of sp³-hybridized carbons (Fsp3) is 0.192. The van der Waals surface area contributed by atoms with Gasteiger partial charge in [0, 0.05) is 12.3 Å². The third kappa shape index (κ3) is 2.45. The number of amides is 2. The molecular weight excluding hydrogens is 436 g/mol. The molecule has 0 aliphatic carbocycles. The molecule has 4 aliphatic heterocycles. The van der Waals surface area contributed by atoms with E-state index in [4.69, 9.17) is 13.9 Å². The van der Waals surface area contributed by atoms with Crippen LogP contribution in [0.25, 0.3) is 6.08 Å². The lowest BCUT2D eigenvalue weighted by molar-refractivity contribution is -0.123. The van der Waals surface area contributed by atoms with Crippen molar-refractivity contribution < 1.29 is 28.3 Å². The minimum Gasteiger partial charge on any atom is -0.461 e. The molecule has 7 rings (SSSR count). The summed E-state index contributed by atoms with van der Waals surface area (Å²) in [5.41, 5.74) is 2.29. The first kappa shape index (κ1) is 19.2. The second kappa shape index (κ2) is 6.84. The minimum absolute atomic E-state index is 0.0891. The summed E-state index contributed by atoms with van der Waals surface area (Å²) < 4.78 is 16.2. The molecule has 2 saturated heterocycles. The standard InChI is InChI=1S/C26H18N2O6/c29-24(18-6-3-11-32-18)23-21-20(22-16-5-2-1-4-14(16)9-10-27(22)23)25(30)28(26(21)31)15-7-8-17-19(12-15)34-13-33-17/h1-12,20-23H,13H2/t20-,21-,22+,23+/m1/s1. The van der Waals surface area contributed by atoms with Crippen molar-refractivity contribution in [1.29, 1.82) is 0 Å². The van der Waals surface area contributed by atoms with Crippen LogP contribution in [0.5, 0.6) is 11.5 Å². The molecule has 168 valence electrons. The van der Waals surface area contributed by atoms with Crippen molar-refractivity contribution in [2.75, 3.05) is 11.7 Å². The average molecular weight is 454 g/mol. The third-order valence-electron chi connectivity index (χ3n) is 7.11. The van der Waals surface area contributed by atoms with Crippen molar-refractivity contribution in [1.82, 2.24) is 4.90 Å². The van der Waals surface area contributed by atoms with E-state index in [1.807, 2.05) is 41.4 Å². The van der Waals surface area contributed by atoms with Gasteiger partial charge in [0.2, 0.25) is 24.4 Å². The Bertz CT molecular complexity index is 1390. The van der Waals surface area contributed by atoms with Gasteiger partial charge in [-0.05, 0) is 41.5 Å². The van der Waals surface area contributed by atoms with Gasteiger partial charge in [0.05, 0.1) is 29.8 Å². The number of rotatable bonds is 3. The molecule has 2 aromatic carbocycles. The van der Waals surface area contributed by atoms with Gasteiger partial charge in [-0.3, -0.25) is 14.4 Å². The van der Waals surface area contributed by atoms with Gasteiger partial charge in [0.25, 0.3) is 0 Å². The zero-order valence-corrected chi connectivity index (χ0v) is 17.8. The number of nitrogens with zero attached hydrogens (tertiary/aromatic N) is 2. The predicted octanol–water partition coefficient (Wildman–Crippen LogP) is 3.41. The van der Waals surface area contributed by atoms with Crippen LogP contribution in [0.1, 0.15) is 27.7 Å². The van der Waals surface area contributed by atoms with Gasteiger partial charge in [0.1, 0.15) is 6.04 Å². The molecule has 5 heterocycles. The largest absolute Gasteiger partial charge is 0.461 e. The van der Waals surface area contributed by atoms with Gasteiger partial charge < -0.3 is 18.8 Å². The molecule has 4 atom stereocenters. The summed E-state index contributed by atoms with van der Waals surface area (Å²) in [7, 11) is 0. The van der Waals surface area contributed by atoms with E-state index in [2.05, 4.69) is 0 Å². The van der Waals surface area contributed by atoms with E-state index in [9.17, 15) is 14.4 Å². The number of benzene rings is 2. The van der Waals surface area contributed by atoms with Gasteiger partial charge in [-0.25, -0.2) is 4.90 Å². The van der Waals surface area contributed by atoms with Gasteiger partial charge in [0.15, 0.2) is 17.3 Å². The molecule has 0 unspecified atom stereocenters. The van der Waals surface area contributed by atoms with Crippen LogP contribution in [0.2, 0.25) is 0 Å². The molecule has 1 aromatic heterocycles. The third-order valence-corrected chi connectivity index (χ3v) is 7.11. The normalized spacial score (nSPS) is 26.0. The Morgan fingerprint density at radius 1 is 0.912 bits per heavy atom. The molecule has 3 aromatic rings. The molecule has 8 nitrogen and oxygen atoms in total. The van der Waals surface area contributed by atoms with Crippen LogP contribution in [-0.2, 0) is 9.59 Å². The Hall–Kier alpha value is -4.33. The van der Waals surface area contributed by atoms with Crippen LogP contribution in [0.4, 0.5) is 5.69 Å². The number of hydrogen-bond acceptors (Lipinski definition) is 7. The lowest BCUT2D eigenvalue weighted by Crippen LogP contribution is -2.44. The molecule has 0 N–H and O–H groups in total. The lowest BCUT2D eigenvalue weighted by atomic mass is 9.84. The minimum atomic E-state index is -0.860. The summed E-state index contributed by atoms with van der Waals surface area (Å²) in [6, 6.07) is 14.7. The van der Waals surface area contributed by atoms with E-state index >= 15 is 0 Å². The highest BCUT2D eigenvalue weighted by Crippen LogP contribution is 2.54. The monoisotopic (exact) mass is 454 g/mol. The predicted molar refractivity (Wildman–Crippen MR) is 119 cm³/mol. The first-order valence-corrected chi connectivity index (χ1v) is 11.0. The molecule has 0 radical (unpaired) electrons. The van der Waals surface area contributed by atoms with E-state index < -0.39 is 29.8 Å². The van der Waals surface area contributed by atoms with E-state index in [1.165, 1.54) is 11.2 Å². The lowest BCUT2D eigenvalue weighted by Gasteiger charge is -2.35. The van der Waals surface area contributed by atoms with Gasteiger partial charge in [-0.2, -0.15) is 0 Å². The van der Waals surface area contributed by atoms with Gasteiger partial charge in [-0.15, -0.1) is 0 Å². The van der Waals surface area contributed by atoms with Crippen LogP contribution in [0.15, 0.2) is 71.5 Å². The topological polar surface area (TPSA) is 89.3 Å². The van der Waals surface area contributed by atoms with E-state index in [0.29, 0.717) is 17.2 Å². The zero-order chi connectivity index (χ0) is 23.0. The molecular formula is C26H18N2O6. The van der Waals surface area contributed by atoms with E-state index in [1.54, 1.807) is 30.3 Å². The number of Topliss-reactive ketones (excluding diaryl/α,β-unsaturated/α-hetero) is 1. The second-order valence-electron chi connectivity index (χ2n) is 8.72. The summed E-state index contributed by atoms with van der Waals surface area (Å²) in [5.74, 6) is -1.41.